The number of carbonyl (C=O) groups is 3. The van der Waals surface area contributed by atoms with Crippen molar-refractivity contribution in [1.82, 2.24) is 9.47 Å². The number of rotatable bonds is 4. The van der Waals surface area contributed by atoms with Gasteiger partial charge in [-0.05, 0) is 18.6 Å². The lowest BCUT2D eigenvalue weighted by Crippen LogP contribution is -2.35. The van der Waals surface area contributed by atoms with Crippen molar-refractivity contribution in [3.05, 3.63) is 52.3 Å². The number of benzene rings is 2. The summed E-state index contributed by atoms with van der Waals surface area (Å²) in [5, 5.41) is 0. The third-order valence-corrected chi connectivity index (χ3v) is 6.06. The summed E-state index contributed by atoms with van der Waals surface area (Å²) in [6, 6.07) is 10.3. The van der Waals surface area contributed by atoms with E-state index in [-0.39, 0.29) is 6.79 Å². The number of hydrogen-bond donors (Lipinski definition) is 0. The van der Waals surface area contributed by atoms with Gasteiger partial charge in [0.15, 0.2) is 16.3 Å². The van der Waals surface area contributed by atoms with Crippen molar-refractivity contribution < 1.29 is 23.9 Å². The van der Waals surface area contributed by atoms with Crippen LogP contribution in [0.25, 0.3) is 10.2 Å². The molecule has 3 aromatic rings. The van der Waals surface area contributed by atoms with Crippen molar-refractivity contribution in [3.63, 3.8) is 0 Å². The second kappa shape index (κ2) is 7.10. The topological polar surface area (TPSA) is 90.2 Å². The van der Waals surface area contributed by atoms with Crippen LogP contribution in [-0.2, 0) is 11.3 Å². The normalized spacial score (nSPS) is 15.4. The largest absolute Gasteiger partial charge is 0.454 e. The van der Waals surface area contributed by atoms with Gasteiger partial charge in [0.05, 0.1) is 21.3 Å². The summed E-state index contributed by atoms with van der Waals surface area (Å²) in [4.78, 5) is 43.4. The third kappa shape index (κ3) is 2.89. The van der Waals surface area contributed by atoms with Crippen LogP contribution in [0.15, 0.2) is 41.4 Å². The lowest BCUT2D eigenvalue weighted by molar-refractivity contribution is -0.118. The van der Waals surface area contributed by atoms with Crippen LogP contribution in [0.1, 0.15) is 34.1 Å². The quantitative estimate of drug-likeness (QED) is 0.602. The fraction of sp³-hybridized carbons (Fsp3) is 0.238. The van der Waals surface area contributed by atoms with E-state index >= 15 is 0 Å². The molecule has 3 amide bonds. The van der Waals surface area contributed by atoms with Crippen molar-refractivity contribution >= 4 is 39.3 Å². The molecule has 0 N–H and O–H groups in total. The molecule has 152 valence electrons. The summed E-state index contributed by atoms with van der Waals surface area (Å²) in [7, 11) is 0. The first-order chi connectivity index (χ1) is 14.6. The number of amides is 3. The van der Waals surface area contributed by atoms with Gasteiger partial charge in [0, 0.05) is 18.7 Å². The first kappa shape index (κ1) is 18.6. The van der Waals surface area contributed by atoms with E-state index in [0.717, 1.165) is 21.5 Å². The Labute approximate surface area is 175 Å². The van der Waals surface area contributed by atoms with Crippen LogP contribution in [-0.4, -0.2) is 40.5 Å². The molecular weight excluding hydrogens is 406 g/mol. The molecule has 2 aliphatic heterocycles. The number of nitrogens with zero attached hydrogens (tertiary/aromatic N) is 3. The predicted molar refractivity (Wildman–Crippen MR) is 109 cm³/mol. The number of ether oxygens (including phenoxy) is 2. The molecule has 0 unspecified atom stereocenters. The van der Waals surface area contributed by atoms with Crippen molar-refractivity contribution in [2.24, 2.45) is 4.99 Å². The van der Waals surface area contributed by atoms with E-state index in [2.05, 4.69) is 4.99 Å². The van der Waals surface area contributed by atoms with Crippen LogP contribution >= 0.6 is 11.3 Å². The van der Waals surface area contributed by atoms with Crippen LogP contribution in [0, 0.1) is 0 Å². The Bertz CT molecular complexity index is 1250. The molecule has 3 heterocycles. The lowest BCUT2D eigenvalue weighted by Gasteiger charge is -2.10. The van der Waals surface area contributed by atoms with Crippen molar-refractivity contribution in [1.29, 1.82) is 0 Å². The molecule has 5 rings (SSSR count). The molecule has 8 nitrogen and oxygen atoms in total. The first-order valence-electron chi connectivity index (χ1n) is 9.52. The van der Waals surface area contributed by atoms with Crippen molar-refractivity contribution in [2.45, 2.75) is 19.9 Å². The molecule has 30 heavy (non-hydrogen) atoms. The highest BCUT2D eigenvalue weighted by Gasteiger charge is 2.36. The lowest BCUT2D eigenvalue weighted by atomic mass is 10.1. The minimum Gasteiger partial charge on any atom is -0.454 e. The molecule has 9 heteroatoms. The van der Waals surface area contributed by atoms with E-state index in [4.69, 9.17) is 9.47 Å². The van der Waals surface area contributed by atoms with E-state index < -0.39 is 24.3 Å². The summed E-state index contributed by atoms with van der Waals surface area (Å²) in [5.41, 5.74) is 1.53. The fourth-order valence-corrected chi connectivity index (χ4v) is 4.73. The fourth-order valence-electron chi connectivity index (χ4n) is 3.64. The minimum absolute atomic E-state index is 0.191. The summed E-state index contributed by atoms with van der Waals surface area (Å²) in [5.74, 6) is -0.170. The molecule has 0 spiro atoms. The van der Waals surface area contributed by atoms with Gasteiger partial charge in [0.1, 0.15) is 6.54 Å². The molecule has 0 aliphatic carbocycles. The Hall–Kier alpha value is -3.46. The first-order valence-corrected chi connectivity index (χ1v) is 10.3. The molecule has 1 aromatic heterocycles. The van der Waals surface area contributed by atoms with E-state index in [1.807, 2.05) is 23.6 Å². The van der Waals surface area contributed by atoms with Crippen LogP contribution < -0.4 is 14.3 Å². The van der Waals surface area contributed by atoms with Crippen molar-refractivity contribution in [2.75, 3.05) is 13.3 Å². The molecule has 2 aliphatic rings. The number of thiazole rings is 1. The van der Waals surface area contributed by atoms with Gasteiger partial charge in [-0.1, -0.05) is 30.4 Å². The van der Waals surface area contributed by atoms with E-state index in [0.29, 0.717) is 34.0 Å². The molecule has 0 fully saturated rings. The van der Waals surface area contributed by atoms with Crippen LogP contribution in [0.4, 0.5) is 0 Å². The average Bonchev–Trinajstić information content (AvgIpc) is 3.39. The van der Waals surface area contributed by atoms with Crippen molar-refractivity contribution in [3.8, 4) is 11.5 Å². The zero-order valence-electron chi connectivity index (χ0n) is 16.1. The molecule has 0 saturated heterocycles. The smallest absolute Gasteiger partial charge is 0.268 e. The highest BCUT2D eigenvalue weighted by Crippen LogP contribution is 2.37. The Morgan fingerprint density at radius 2 is 1.77 bits per heavy atom. The Morgan fingerprint density at radius 3 is 2.43 bits per heavy atom. The Morgan fingerprint density at radius 1 is 1.10 bits per heavy atom. The minimum atomic E-state index is -0.555. The van der Waals surface area contributed by atoms with Crippen LogP contribution in [0.3, 0.4) is 0 Å². The average molecular weight is 423 g/mol. The molecule has 0 saturated carbocycles. The summed E-state index contributed by atoms with van der Waals surface area (Å²) >= 11 is 1.36. The van der Waals surface area contributed by atoms with Gasteiger partial charge in [-0.25, -0.2) is 0 Å². The Kier molecular flexibility index (Phi) is 4.39. The third-order valence-electron chi connectivity index (χ3n) is 5.02. The summed E-state index contributed by atoms with van der Waals surface area (Å²) in [6.07, 6.45) is 0.847. The van der Waals surface area contributed by atoms with Gasteiger partial charge < -0.3 is 14.0 Å². The number of carbonyl (C=O) groups excluding carboxylic acids is 3. The van der Waals surface area contributed by atoms with Gasteiger partial charge in [0.2, 0.25) is 6.79 Å². The molecule has 0 atom stereocenters. The zero-order chi connectivity index (χ0) is 20.8. The number of aromatic nitrogens is 1. The standard InChI is InChI=1S/C21H17N3O5S/c1-2-7-23-14-8-15-16(29-11-28-15)9-17(14)30-21(23)22-18(25)10-24-19(26)12-5-3-4-6-13(12)20(24)27/h3-6,8-9H,2,7,10-11H2,1H3. The highest BCUT2D eigenvalue weighted by atomic mass is 32.1. The Balaban J connectivity index is 1.49. The number of hydrogen-bond acceptors (Lipinski definition) is 6. The van der Waals surface area contributed by atoms with E-state index in [1.165, 1.54) is 11.3 Å². The van der Waals surface area contributed by atoms with E-state index in [1.54, 1.807) is 24.3 Å². The molecular formula is C21H17N3O5S. The van der Waals surface area contributed by atoms with Crippen LogP contribution in [0.2, 0.25) is 0 Å². The van der Waals surface area contributed by atoms with Gasteiger partial charge in [-0.15, -0.1) is 0 Å². The number of aryl methyl sites for hydroxylation is 1. The van der Waals surface area contributed by atoms with Gasteiger partial charge in [-0.3, -0.25) is 19.3 Å². The maximum absolute atomic E-state index is 12.7. The molecule has 0 radical (unpaired) electrons. The summed E-state index contributed by atoms with van der Waals surface area (Å²) in [6.45, 7) is 2.50. The van der Waals surface area contributed by atoms with E-state index in [9.17, 15) is 14.4 Å². The van der Waals surface area contributed by atoms with Gasteiger partial charge in [-0.2, -0.15) is 4.99 Å². The summed E-state index contributed by atoms with van der Waals surface area (Å²) < 4.78 is 13.8. The van der Waals surface area contributed by atoms with Gasteiger partial charge in [0.25, 0.3) is 17.7 Å². The molecule has 2 aromatic carbocycles. The number of fused-ring (bicyclic) bond motifs is 3. The second-order valence-corrected chi connectivity index (χ2v) is 7.97. The molecule has 0 bridgehead atoms. The predicted octanol–water partition coefficient (Wildman–Crippen LogP) is 2.57. The SMILES string of the molecule is CCCn1c(=NC(=O)CN2C(=O)c3ccccc3C2=O)sc2cc3c(cc21)OCO3. The maximum Gasteiger partial charge on any atom is 0.268 e. The highest BCUT2D eigenvalue weighted by molar-refractivity contribution is 7.16. The zero-order valence-corrected chi connectivity index (χ0v) is 16.9. The monoisotopic (exact) mass is 423 g/mol. The number of imide groups is 1. The van der Waals surface area contributed by atoms with Gasteiger partial charge >= 0.3 is 0 Å². The maximum atomic E-state index is 12.7. The second-order valence-electron chi connectivity index (χ2n) is 6.96. The van der Waals surface area contributed by atoms with Crippen LogP contribution in [0.5, 0.6) is 11.5 Å².